The second-order valence-corrected chi connectivity index (χ2v) is 5.75. The normalized spacial score (nSPS) is 19.2. The van der Waals surface area contributed by atoms with Gasteiger partial charge in [-0.15, -0.1) is 0 Å². The van der Waals surface area contributed by atoms with Crippen molar-refractivity contribution in [3.05, 3.63) is 41.8 Å². The van der Waals surface area contributed by atoms with Gasteiger partial charge in [-0.3, -0.25) is 14.8 Å². The average Bonchev–Trinajstić information content (AvgIpc) is 2.96. The van der Waals surface area contributed by atoms with Gasteiger partial charge in [0.2, 0.25) is 5.91 Å². The maximum atomic E-state index is 13.0. The van der Waals surface area contributed by atoms with Crippen LogP contribution in [0.15, 0.2) is 30.5 Å². The summed E-state index contributed by atoms with van der Waals surface area (Å²) in [4.78, 5) is 13.6. The molecule has 6 heteroatoms. The second kappa shape index (κ2) is 6.27. The Morgan fingerprint density at radius 3 is 2.91 bits per heavy atom. The number of aromatic amines is 1. The molecule has 22 heavy (non-hydrogen) atoms. The van der Waals surface area contributed by atoms with Crippen LogP contribution in [-0.2, 0) is 11.3 Å². The zero-order chi connectivity index (χ0) is 15.5. The number of likely N-dealkylation sites (tertiary alicyclic amines) is 1. The number of amides is 1. The van der Waals surface area contributed by atoms with Gasteiger partial charge < -0.3 is 5.73 Å². The highest BCUT2D eigenvalue weighted by molar-refractivity contribution is 5.77. The van der Waals surface area contributed by atoms with Crippen LogP contribution in [0.3, 0.4) is 0 Å². The Morgan fingerprint density at radius 2 is 2.18 bits per heavy atom. The third-order valence-corrected chi connectivity index (χ3v) is 4.15. The number of carbonyl (C=O) groups is 1. The van der Waals surface area contributed by atoms with Crippen molar-refractivity contribution < 1.29 is 9.18 Å². The van der Waals surface area contributed by atoms with Gasteiger partial charge in [-0.2, -0.15) is 5.10 Å². The number of nitrogens with one attached hydrogen (secondary N) is 1. The van der Waals surface area contributed by atoms with E-state index >= 15 is 0 Å². The maximum absolute atomic E-state index is 13.0. The van der Waals surface area contributed by atoms with Crippen LogP contribution in [0.1, 0.15) is 18.4 Å². The van der Waals surface area contributed by atoms with E-state index in [1.54, 1.807) is 18.3 Å². The van der Waals surface area contributed by atoms with Crippen molar-refractivity contribution in [1.29, 1.82) is 0 Å². The van der Waals surface area contributed by atoms with Gasteiger partial charge in [0.15, 0.2) is 0 Å². The molecular weight excluding hydrogens is 283 g/mol. The minimum atomic E-state index is -0.259. The predicted octanol–water partition coefficient (Wildman–Crippen LogP) is 1.91. The monoisotopic (exact) mass is 302 g/mol. The number of rotatable bonds is 4. The number of hydrogen-bond acceptors (Lipinski definition) is 3. The summed E-state index contributed by atoms with van der Waals surface area (Å²) in [6, 6.07) is 6.33. The number of carbonyl (C=O) groups excluding carboxylic acids is 1. The molecule has 0 radical (unpaired) electrons. The first kappa shape index (κ1) is 14.7. The van der Waals surface area contributed by atoms with Gasteiger partial charge >= 0.3 is 0 Å². The van der Waals surface area contributed by atoms with E-state index < -0.39 is 0 Å². The lowest BCUT2D eigenvalue weighted by Crippen LogP contribution is -2.40. The lowest BCUT2D eigenvalue weighted by atomic mass is 9.97. The molecule has 2 heterocycles. The van der Waals surface area contributed by atoms with E-state index in [9.17, 15) is 9.18 Å². The number of nitrogens with zero attached hydrogens (tertiary/aromatic N) is 2. The van der Waals surface area contributed by atoms with Gasteiger partial charge in [-0.25, -0.2) is 4.39 Å². The van der Waals surface area contributed by atoms with Crippen LogP contribution in [0, 0.1) is 11.7 Å². The van der Waals surface area contributed by atoms with Gasteiger partial charge in [-0.1, -0.05) is 0 Å². The summed E-state index contributed by atoms with van der Waals surface area (Å²) in [6.07, 6.45) is 3.62. The molecule has 5 nitrogen and oxygen atoms in total. The van der Waals surface area contributed by atoms with E-state index in [1.807, 2.05) is 0 Å². The molecule has 1 aromatic heterocycles. The molecule has 1 aliphatic rings. The summed E-state index contributed by atoms with van der Waals surface area (Å²) in [5.74, 6) is -0.560. The fourth-order valence-electron chi connectivity index (χ4n) is 2.97. The molecular formula is C16H19FN4O. The topological polar surface area (TPSA) is 75.0 Å². The van der Waals surface area contributed by atoms with E-state index in [0.29, 0.717) is 13.1 Å². The minimum Gasteiger partial charge on any atom is -0.369 e. The Kier molecular flexibility index (Phi) is 4.20. The molecule has 1 fully saturated rings. The van der Waals surface area contributed by atoms with Gasteiger partial charge in [0.1, 0.15) is 5.82 Å². The van der Waals surface area contributed by atoms with Gasteiger partial charge in [0, 0.05) is 24.2 Å². The number of nitrogens with two attached hydrogens (primary N) is 1. The molecule has 1 unspecified atom stereocenters. The quantitative estimate of drug-likeness (QED) is 0.906. The molecule has 0 aliphatic carbocycles. The molecule has 0 saturated carbocycles. The Balaban J connectivity index is 1.75. The molecule has 0 spiro atoms. The smallest absolute Gasteiger partial charge is 0.221 e. The molecule has 0 bridgehead atoms. The van der Waals surface area contributed by atoms with Crippen molar-refractivity contribution in [3.63, 3.8) is 0 Å². The highest BCUT2D eigenvalue weighted by atomic mass is 19.1. The zero-order valence-electron chi connectivity index (χ0n) is 12.3. The number of piperidine rings is 1. The van der Waals surface area contributed by atoms with E-state index in [0.717, 1.165) is 36.2 Å². The number of benzene rings is 1. The van der Waals surface area contributed by atoms with Gasteiger partial charge in [0.25, 0.3) is 0 Å². The molecule has 3 rings (SSSR count). The fourth-order valence-corrected chi connectivity index (χ4v) is 2.97. The highest BCUT2D eigenvalue weighted by Crippen LogP contribution is 2.24. The number of hydrogen-bond donors (Lipinski definition) is 2. The molecule has 1 amide bonds. The average molecular weight is 302 g/mol. The van der Waals surface area contributed by atoms with Crippen LogP contribution in [-0.4, -0.2) is 34.1 Å². The first-order valence-electron chi connectivity index (χ1n) is 7.43. The first-order valence-corrected chi connectivity index (χ1v) is 7.43. The molecule has 1 aromatic carbocycles. The van der Waals surface area contributed by atoms with Crippen molar-refractivity contribution >= 4 is 5.91 Å². The lowest BCUT2D eigenvalue weighted by Gasteiger charge is -2.31. The molecule has 1 atom stereocenters. The van der Waals surface area contributed by atoms with E-state index in [-0.39, 0.29) is 17.6 Å². The summed E-state index contributed by atoms with van der Waals surface area (Å²) in [7, 11) is 0. The predicted molar refractivity (Wildman–Crippen MR) is 81.2 cm³/mol. The van der Waals surface area contributed by atoms with Crippen molar-refractivity contribution in [2.45, 2.75) is 19.4 Å². The molecule has 3 N–H and O–H groups in total. The zero-order valence-corrected chi connectivity index (χ0v) is 12.3. The van der Waals surface area contributed by atoms with Crippen molar-refractivity contribution in [2.75, 3.05) is 13.1 Å². The maximum Gasteiger partial charge on any atom is 0.221 e. The molecule has 2 aromatic rings. The van der Waals surface area contributed by atoms with Crippen LogP contribution < -0.4 is 5.73 Å². The van der Waals surface area contributed by atoms with Crippen molar-refractivity contribution in [1.82, 2.24) is 15.1 Å². The third-order valence-electron chi connectivity index (χ3n) is 4.15. The summed E-state index contributed by atoms with van der Waals surface area (Å²) in [5.41, 5.74) is 8.25. The van der Waals surface area contributed by atoms with Crippen LogP contribution >= 0.6 is 0 Å². The number of primary amides is 1. The summed E-state index contributed by atoms with van der Waals surface area (Å²) < 4.78 is 13.0. The van der Waals surface area contributed by atoms with Crippen LogP contribution in [0.2, 0.25) is 0 Å². The molecule has 116 valence electrons. The standard InChI is InChI=1S/C16H19FN4O/c17-14-5-3-11(4-6-14)15-13(8-19-20-15)10-21-7-1-2-12(9-21)16(18)22/h3-6,8,12H,1-2,7,9-10H2,(H2,18,22)(H,19,20). The van der Waals surface area contributed by atoms with E-state index in [1.165, 1.54) is 12.1 Å². The summed E-state index contributed by atoms with van der Waals surface area (Å²) >= 11 is 0. The van der Waals surface area contributed by atoms with Crippen LogP contribution in [0.4, 0.5) is 4.39 Å². The highest BCUT2D eigenvalue weighted by Gasteiger charge is 2.24. The Morgan fingerprint density at radius 1 is 1.41 bits per heavy atom. The van der Waals surface area contributed by atoms with E-state index in [4.69, 9.17) is 5.73 Å². The number of aromatic nitrogens is 2. The molecule has 1 saturated heterocycles. The minimum absolute atomic E-state index is 0.0741. The fraction of sp³-hybridized carbons (Fsp3) is 0.375. The van der Waals surface area contributed by atoms with Gasteiger partial charge in [-0.05, 0) is 43.7 Å². The Hall–Kier alpha value is -2.21. The lowest BCUT2D eigenvalue weighted by molar-refractivity contribution is -0.123. The van der Waals surface area contributed by atoms with Crippen molar-refractivity contribution in [2.24, 2.45) is 11.7 Å². The van der Waals surface area contributed by atoms with Crippen molar-refractivity contribution in [3.8, 4) is 11.3 Å². The summed E-state index contributed by atoms with van der Waals surface area (Å²) in [5, 5.41) is 7.08. The Bertz CT molecular complexity index is 652. The Labute approximate surface area is 128 Å². The number of H-pyrrole nitrogens is 1. The van der Waals surface area contributed by atoms with E-state index in [2.05, 4.69) is 15.1 Å². The largest absolute Gasteiger partial charge is 0.369 e. The molecule has 1 aliphatic heterocycles. The summed E-state index contributed by atoms with van der Waals surface area (Å²) in [6.45, 7) is 2.33. The van der Waals surface area contributed by atoms with Crippen LogP contribution in [0.25, 0.3) is 11.3 Å². The van der Waals surface area contributed by atoms with Gasteiger partial charge in [0.05, 0.1) is 17.8 Å². The third kappa shape index (κ3) is 3.17. The first-order chi connectivity index (χ1) is 10.6. The second-order valence-electron chi connectivity index (χ2n) is 5.75. The number of halogens is 1. The van der Waals surface area contributed by atoms with Crippen LogP contribution in [0.5, 0.6) is 0 Å². The SMILES string of the molecule is NC(=O)C1CCCN(Cc2cn[nH]c2-c2ccc(F)cc2)C1.